The zero-order valence-electron chi connectivity index (χ0n) is 10.2. The summed E-state index contributed by atoms with van der Waals surface area (Å²) < 4.78 is 6.54. The Hall–Kier alpha value is -2.30. The minimum Gasteiger partial charge on any atom is -0.450 e. The Labute approximate surface area is 105 Å². The molecule has 0 aliphatic carbocycles. The lowest BCUT2D eigenvalue weighted by Crippen LogP contribution is -2.23. The summed E-state index contributed by atoms with van der Waals surface area (Å²) >= 11 is 0. The van der Waals surface area contributed by atoms with Crippen molar-refractivity contribution in [3.8, 4) is 5.69 Å². The summed E-state index contributed by atoms with van der Waals surface area (Å²) in [5.41, 5.74) is 1.91. The van der Waals surface area contributed by atoms with E-state index in [0.29, 0.717) is 13.2 Å². The second kappa shape index (κ2) is 5.86. The van der Waals surface area contributed by atoms with Crippen LogP contribution >= 0.6 is 0 Å². The van der Waals surface area contributed by atoms with Crippen LogP contribution in [0.4, 0.5) is 4.79 Å². The molecule has 18 heavy (non-hydrogen) atoms. The van der Waals surface area contributed by atoms with Crippen LogP contribution < -0.4 is 5.32 Å². The molecule has 0 spiro atoms. The van der Waals surface area contributed by atoms with E-state index >= 15 is 0 Å². The number of amides is 1. The first-order valence-electron chi connectivity index (χ1n) is 5.79. The minimum absolute atomic E-state index is 0.370. The van der Waals surface area contributed by atoms with E-state index in [4.69, 9.17) is 4.74 Å². The zero-order chi connectivity index (χ0) is 12.8. The SMILES string of the molecule is CCOC(=O)NCc1cnn(-c2ccccc2)c1. The van der Waals surface area contributed by atoms with Crippen molar-refractivity contribution in [1.82, 2.24) is 15.1 Å². The summed E-state index contributed by atoms with van der Waals surface area (Å²) in [4.78, 5) is 11.1. The molecule has 2 rings (SSSR count). The molecule has 0 bridgehead atoms. The second-order valence-corrected chi connectivity index (χ2v) is 3.70. The van der Waals surface area contributed by atoms with Gasteiger partial charge in [-0.05, 0) is 19.1 Å². The van der Waals surface area contributed by atoms with Gasteiger partial charge in [-0.3, -0.25) is 0 Å². The maximum absolute atomic E-state index is 11.1. The molecule has 5 heteroatoms. The zero-order valence-corrected chi connectivity index (χ0v) is 10.2. The van der Waals surface area contributed by atoms with Crippen LogP contribution in [-0.2, 0) is 11.3 Å². The highest BCUT2D eigenvalue weighted by molar-refractivity contribution is 5.67. The van der Waals surface area contributed by atoms with Crippen LogP contribution in [0.25, 0.3) is 5.69 Å². The molecule has 0 aliphatic rings. The Balaban J connectivity index is 1.97. The largest absolute Gasteiger partial charge is 0.450 e. The van der Waals surface area contributed by atoms with Crippen molar-refractivity contribution in [2.75, 3.05) is 6.61 Å². The predicted molar refractivity (Wildman–Crippen MR) is 67.4 cm³/mol. The fourth-order valence-electron chi connectivity index (χ4n) is 1.53. The molecule has 0 saturated heterocycles. The Morgan fingerprint density at radius 3 is 2.89 bits per heavy atom. The van der Waals surface area contributed by atoms with E-state index in [-0.39, 0.29) is 0 Å². The molecule has 0 atom stereocenters. The molecular formula is C13H15N3O2. The number of para-hydroxylation sites is 1. The molecule has 1 aromatic heterocycles. The van der Waals surface area contributed by atoms with E-state index in [2.05, 4.69) is 10.4 Å². The van der Waals surface area contributed by atoms with Crippen LogP contribution in [0.5, 0.6) is 0 Å². The highest BCUT2D eigenvalue weighted by Crippen LogP contribution is 2.07. The van der Waals surface area contributed by atoms with Crippen LogP contribution in [-0.4, -0.2) is 22.5 Å². The fourth-order valence-corrected chi connectivity index (χ4v) is 1.53. The van der Waals surface area contributed by atoms with E-state index in [9.17, 15) is 4.79 Å². The average Bonchev–Trinajstić information content (AvgIpc) is 2.87. The second-order valence-electron chi connectivity index (χ2n) is 3.70. The van der Waals surface area contributed by atoms with Crippen molar-refractivity contribution in [3.05, 3.63) is 48.3 Å². The lowest BCUT2D eigenvalue weighted by molar-refractivity contribution is 0.151. The van der Waals surface area contributed by atoms with Gasteiger partial charge in [0.2, 0.25) is 0 Å². The third-order valence-corrected chi connectivity index (χ3v) is 2.37. The molecule has 0 radical (unpaired) electrons. The Kier molecular flexibility index (Phi) is 3.96. The standard InChI is InChI=1S/C13H15N3O2/c1-2-18-13(17)14-8-11-9-15-16(10-11)12-6-4-3-5-7-12/h3-7,9-10H,2,8H2,1H3,(H,14,17). The van der Waals surface area contributed by atoms with Gasteiger partial charge in [0.1, 0.15) is 0 Å². The van der Waals surface area contributed by atoms with Crippen molar-refractivity contribution >= 4 is 6.09 Å². The van der Waals surface area contributed by atoms with Crippen LogP contribution in [0.15, 0.2) is 42.7 Å². The molecule has 1 aromatic carbocycles. The number of alkyl carbamates (subject to hydrolysis) is 1. The van der Waals surface area contributed by atoms with Gasteiger partial charge >= 0.3 is 6.09 Å². The van der Waals surface area contributed by atoms with E-state index in [1.54, 1.807) is 17.8 Å². The van der Waals surface area contributed by atoms with Crippen molar-refractivity contribution in [1.29, 1.82) is 0 Å². The monoisotopic (exact) mass is 245 g/mol. The van der Waals surface area contributed by atoms with Crippen LogP contribution in [0.2, 0.25) is 0 Å². The number of nitrogens with zero attached hydrogens (tertiary/aromatic N) is 2. The van der Waals surface area contributed by atoms with Crippen molar-refractivity contribution in [3.63, 3.8) is 0 Å². The van der Waals surface area contributed by atoms with Gasteiger partial charge in [0.05, 0.1) is 18.5 Å². The van der Waals surface area contributed by atoms with Gasteiger partial charge in [0.25, 0.3) is 0 Å². The molecule has 2 aromatic rings. The van der Waals surface area contributed by atoms with Gasteiger partial charge in [0.15, 0.2) is 0 Å². The summed E-state index contributed by atoms with van der Waals surface area (Å²) in [5, 5.41) is 6.89. The molecule has 0 unspecified atom stereocenters. The molecule has 1 N–H and O–H groups in total. The topological polar surface area (TPSA) is 56.1 Å². The number of nitrogens with one attached hydrogen (secondary N) is 1. The summed E-state index contributed by atoms with van der Waals surface area (Å²) in [6.07, 6.45) is 3.19. The van der Waals surface area contributed by atoms with Gasteiger partial charge < -0.3 is 10.1 Å². The smallest absolute Gasteiger partial charge is 0.407 e. The predicted octanol–water partition coefficient (Wildman–Crippen LogP) is 2.12. The summed E-state index contributed by atoms with van der Waals surface area (Å²) in [7, 11) is 0. The number of aromatic nitrogens is 2. The first kappa shape index (κ1) is 12.2. The van der Waals surface area contributed by atoms with E-state index < -0.39 is 6.09 Å². The van der Waals surface area contributed by atoms with Crippen LogP contribution in [0.1, 0.15) is 12.5 Å². The number of rotatable bonds is 4. The maximum atomic E-state index is 11.1. The lowest BCUT2D eigenvalue weighted by Gasteiger charge is -2.02. The van der Waals surface area contributed by atoms with Crippen molar-refractivity contribution < 1.29 is 9.53 Å². The Morgan fingerprint density at radius 2 is 2.17 bits per heavy atom. The van der Waals surface area contributed by atoms with E-state index in [1.807, 2.05) is 36.5 Å². The highest BCUT2D eigenvalue weighted by Gasteiger charge is 2.03. The van der Waals surface area contributed by atoms with E-state index in [1.165, 1.54) is 0 Å². The highest BCUT2D eigenvalue weighted by atomic mass is 16.5. The number of hydrogen-bond donors (Lipinski definition) is 1. The maximum Gasteiger partial charge on any atom is 0.407 e. The molecule has 0 saturated carbocycles. The van der Waals surface area contributed by atoms with Crippen LogP contribution in [0, 0.1) is 0 Å². The molecular weight excluding hydrogens is 230 g/mol. The summed E-state index contributed by atoms with van der Waals surface area (Å²) in [6, 6.07) is 9.79. The minimum atomic E-state index is -0.412. The number of ether oxygens (including phenoxy) is 1. The number of carbonyl (C=O) groups is 1. The van der Waals surface area contributed by atoms with Gasteiger partial charge in [-0.25, -0.2) is 9.48 Å². The third-order valence-electron chi connectivity index (χ3n) is 2.37. The fraction of sp³-hybridized carbons (Fsp3) is 0.231. The van der Waals surface area contributed by atoms with Gasteiger partial charge in [-0.2, -0.15) is 5.10 Å². The summed E-state index contributed by atoms with van der Waals surface area (Å²) in [6.45, 7) is 2.55. The third kappa shape index (κ3) is 3.10. The quantitative estimate of drug-likeness (QED) is 0.897. The number of benzene rings is 1. The van der Waals surface area contributed by atoms with E-state index in [0.717, 1.165) is 11.3 Å². The molecule has 5 nitrogen and oxygen atoms in total. The number of hydrogen-bond acceptors (Lipinski definition) is 3. The lowest BCUT2D eigenvalue weighted by atomic mass is 10.3. The Bertz CT molecular complexity index is 508. The van der Waals surface area contributed by atoms with Crippen LogP contribution in [0.3, 0.4) is 0 Å². The molecule has 1 amide bonds. The van der Waals surface area contributed by atoms with Gasteiger partial charge in [-0.1, -0.05) is 18.2 Å². The molecule has 0 fully saturated rings. The number of carbonyl (C=O) groups excluding carboxylic acids is 1. The van der Waals surface area contributed by atoms with Gasteiger partial charge in [0, 0.05) is 18.3 Å². The van der Waals surface area contributed by atoms with Gasteiger partial charge in [-0.15, -0.1) is 0 Å². The first-order valence-corrected chi connectivity index (χ1v) is 5.79. The van der Waals surface area contributed by atoms with Crippen molar-refractivity contribution in [2.24, 2.45) is 0 Å². The normalized spacial score (nSPS) is 10.1. The summed E-state index contributed by atoms with van der Waals surface area (Å²) in [5.74, 6) is 0. The molecule has 0 aliphatic heterocycles. The average molecular weight is 245 g/mol. The first-order chi connectivity index (χ1) is 8.79. The Morgan fingerprint density at radius 1 is 1.39 bits per heavy atom. The van der Waals surface area contributed by atoms with Crippen molar-refractivity contribution in [2.45, 2.75) is 13.5 Å². The molecule has 94 valence electrons. The molecule has 1 heterocycles.